The second-order valence-corrected chi connectivity index (χ2v) is 6.02. The van der Waals surface area contributed by atoms with Gasteiger partial charge in [-0.2, -0.15) is 0 Å². The predicted molar refractivity (Wildman–Crippen MR) is 82.9 cm³/mol. The summed E-state index contributed by atoms with van der Waals surface area (Å²) in [5, 5.41) is 4.44. The summed E-state index contributed by atoms with van der Waals surface area (Å²) in [6.45, 7) is 7.80. The normalized spacial score (nSPS) is 11.3. The lowest BCUT2D eigenvalue weighted by Gasteiger charge is -2.18. The lowest BCUT2D eigenvalue weighted by Crippen LogP contribution is -1.95. The Labute approximate surface area is 127 Å². The monoisotopic (exact) mass is 320 g/mol. The molecule has 0 aliphatic heterocycles. The van der Waals surface area contributed by atoms with E-state index in [0.717, 1.165) is 33.0 Å². The summed E-state index contributed by atoms with van der Waals surface area (Å²) in [5.74, 6) is 0. The Morgan fingerprint density at radius 2 is 0.611 bits per heavy atom. The average Bonchev–Trinajstić information content (AvgIpc) is 2.35. The quantitative estimate of drug-likeness (QED) is 0.507. The molecule has 0 unspecified atom stereocenters. The molecule has 2 aromatic carbocycles. The van der Waals surface area contributed by atoms with Crippen molar-refractivity contribution in [2.45, 2.75) is 27.7 Å². The Morgan fingerprint density at radius 3 is 0.778 bits per heavy atom. The minimum atomic E-state index is 0.586. The number of fused-ring (bicyclic) bond motifs is 1. The molecule has 96 valence electrons. The highest BCUT2D eigenvalue weighted by Gasteiger charge is 2.19. The van der Waals surface area contributed by atoms with Crippen LogP contribution in [-0.2, 0) is 0 Å². The molecular formula is C14H12Cl4. The van der Waals surface area contributed by atoms with Gasteiger partial charge in [-0.15, -0.1) is 0 Å². The summed E-state index contributed by atoms with van der Waals surface area (Å²) in [6.07, 6.45) is 0. The van der Waals surface area contributed by atoms with E-state index in [-0.39, 0.29) is 0 Å². The summed E-state index contributed by atoms with van der Waals surface area (Å²) < 4.78 is 0. The molecule has 0 saturated heterocycles. The van der Waals surface area contributed by atoms with Gasteiger partial charge in [0.1, 0.15) is 0 Å². The number of aryl methyl sites for hydroxylation is 4. The molecule has 0 aliphatic carbocycles. The highest BCUT2D eigenvalue weighted by Crippen LogP contribution is 2.44. The zero-order valence-electron chi connectivity index (χ0n) is 10.5. The summed E-state index contributed by atoms with van der Waals surface area (Å²) in [7, 11) is 0. The molecule has 0 radical (unpaired) electrons. The smallest absolute Gasteiger partial charge is 0.0630 e. The maximum absolute atomic E-state index is 6.27. The third-order valence-electron chi connectivity index (χ3n) is 3.45. The van der Waals surface area contributed by atoms with E-state index < -0.39 is 0 Å². The van der Waals surface area contributed by atoms with E-state index in [1.54, 1.807) is 0 Å². The van der Waals surface area contributed by atoms with Crippen molar-refractivity contribution in [3.8, 4) is 0 Å². The Bertz CT molecular complexity index is 559. The van der Waals surface area contributed by atoms with Gasteiger partial charge in [-0.25, -0.2) is 0 Å². The van der Waals surface area contributed by atoms with Gasteiger partial charge in [-0.1, -0.05) is 46.4 Å². The second kappa shape index (κ2) is 4.76. The van der Waals surface area contributed by atoms with Crippen molar-refractivity contribution < 1.29 is 0 Å². The van der Waals surface area contributed by atoms with Gasteiger partial charge in [0, 0.05) is 0 Å². The summed E-state index contributed by atoms with van der Waals surface area (Å²) in [6, 6.07) is 0. The van der Waals surface area contributed by atoms with Crippen molar-refractivity contribution in [3.05, 3.63) is 42.3 Å². The molecule has 0 fully saturated rings. The van der Waals surface area contributed by atoms with Gasteiger partial charge in [-0.05, 0) is 60.7 Å². The van der Waals surface area contributed by atoms with Crippen LogP contribution in [0.5, 0.6) is 0 Å². The van der Waals surface area contributed by atoms with Crippen LogP contribution in [0.15, 0.2) is 0 Å². The van der Waals surface area contributed by atoms with Gasteiger partial charge in [-0.3, -0.25) is 0 Å². The molecule has 0 amide bonds. The van der Waals surface area contributed by atoms with Crippen molar-refractivity contribution in [1.82, 2.24) is 0 Å². The molecule has 2 aromatic rings. The van der Waals surface area contributed by atoms with Crippen LogP contribution in [0.25, 0.3) is 10.8 Å². The highest BCUT2D eigenvalue weighted by atomic mass is 35.5. The van der Waals surface area contributed by atoms with Crippen LogP contribution in [0.2, 0.25) is 20.1 Å². The van der Waals surface area contributed by atoms with Gasteiger partial charge in [0.05, 0.1) is 20.1 Å². The van der Waals surface area contributed by atoms with E-state index in [0.29, 0.717) is 20.1 Å². The van der Waals surface area contributed by atoms with E-state index in [1.165, 1.54) is 0 Å². The molecule has 0 spiro atoms. The molecule has 18 heavy (non-hydrogen) atoms. The van der Waals surface area contributed by atoms with E-state index in [2.05, 4.69) is 0 Å². The van der Waals surface area contributed by atoms with Crippen LogP contribution in [0.3, 0.4) is 0 Å². The first-order valence-corrected chi connectivity index (χ1v) is 7.02. The van der Waals surface area contributed by atoms with Gasteiger partial charge in [0.15, 0.2) is 0 Å². The van der Waals surface area contributed by atoms with Crippen LogP contribution < -0.4 is 0 Å². The molecule has 0 N–H and O–H groups in total. The molecule has 0 atom stereocenters. The lowest BCUT2D eigenvalue weighted by molar-refractivity contribution is 1.38. The standard InChI is InChI=1S/C14H12Cl4/c1-5-9-6(2)13(17)14(18)8(4)10(9)7(3)12(16)11(5)15/h1-4H3. The SMILES string of the molecule is Cc1c(Cl)c(Cl)c(C)c2c(C)c(Cl)c(Cl)c(C)c12. The van der Waals surface area contributed by atoms with Crippen LogP contribution in [-0.4, -0.2) is 0 Å². The highest BCUT2D eigenvalue weighted by molar-refractivity contribution is 6.46. The maximum Gasteiger partial charge on any atom is 0.0630 e. The maximum atomic E-state index is 6.27. The van der Waals surface area contributed by atoms with Gasteiger partial charge in [0.25, 0.3) is 0 Å². The topological polar surface area (TPSA) is 0 Å². The Kier molecular flexibility index (Phi) is 3.77. The number of hydrogen-bond donors (Lipinski definition) is 0. The molecule has 4 heteroatoms. The fourth-order valence-electron chi connectivity index (χ4n) is 2.41. The molecule has 0 heterocycles. The number of benzene rings is 2. The average molecular weight is 322 g/mol. The Balaban J connectivity index is 3.22. The van der Waals surface area contributed by atoms with Gasteiger partial charge < -0.3 is 0 Å². The lowest BCUT2D eigenvalue weighted by atomic mass is 9.93. The van der Waals surface area contributed by atoms with Crippen molar-refractivity contribution in [1.29, 1.82) is 0 Å². The summed E-state index contributed by atoms with van der Waals surface area (Å²) in [4.78, 5) is 0. The first-order chi connectivity index (χ1) is 8.29. The van der Waals surface area contributed by atoms with E-state index in [1.807, 2.05) is 27.7 Å². The molecule has 0 aromatic heterocycles. The molecule has 2 rings (SSSR count). The van der Waals surface area contributed by atoms with Gasteiger partial charge in [0.2, 0.25) is 0 Å². The first kappa shape index (κ1) is 14.3. The van der Waals surface area contributed by atoms with Crippen molar-refractivity contribution >= 4 is 57.2 Å². The second-order valence-electron chi connectivity index (χ2n) is 4.51. The third kappa shape index (κ3) is 1.82. The van der Waals surface area contributed by atoms with E-state index in [4.69, 9.17) is 46.4 Å². The first-order valence-electron chi connectivity index (χ1n) is 5.51. The molecule has 0 aliphatic rings. The van der Waals surface area contributed by atoms with Crippen LogP contribution in [0.4, 0.5) is 0 Å². The summed E-state index contributed by atoms with van der Waals surface area (Å²) in [5.41, 5.74) is 3.78. The van der Waals surface area contributed by atoms with Crippen LogP contribution >= 0.6 is 46.4 Å². The largest absolute Gasteiger partial charge is 0.0824 e. The number of hydrogen-bond acceptors (Lipinski definition) is 0. The molecule has 0 bridgehead atoms. The molecule has 0 nitrogen and oxygen atoms in total. The Hall–Kier alpha value is -0.140. The predicted octanol–water partition coefficient (Wildman–Crippen LogP) is 6.69. The van der Waals surface area contributed by atoms with Crippen LogP contribution in [0.1, 0.15) is 22.3 Å². The number of rotatable bonds is 0. The molecular weight excluding hydrogens is 310 g/mol. The fourth-order valence-corrected chi connectivity index (χ4v) is 3.35. The minimum Gasteiger partial charge on any atom is -0.0824 e. The van der Waals surface area contributed by atoms with Crippen LogP contribution in [0, 0.1) is 27.7 Å². The number of halogens is 4. The molecule has 0 saturated carbocycles. The zero-order valence-corrected chi connectivity index (χ0v) is 13.5. The van der Waals surface area contributed by atoms with Gasteiger partial charge >= 0.3 is 0 Å². The van der Waals surface area contributed by atoms with E-state index >= 15 is 0 Å². The third-order valence-corrected chi connectivity index (χ3v) is 5.54. The zero-order chi connectivity index (χ0) is 13.8. The Morgan fingerprint density at radius 1 is 0.444 bits per heavy atom. The minimum absolute atomic E-state index is 0.586. The van der Waals surface area contributed by atoms with E-state index in [9.17, 15) is 0 Å². The van der Waals surface area contributed by atoms with Crippen molar-refractivity contribution in [2.24, 2.45) is 0 Å². The fraction of sp³-hybridized carbons (Fsp3) is 0.286. The summed E-state index contributed by atoms with van der Waals surface area (Å²) >= 11 is 25.1. The van der Waals surface area contributed by atoms with Crippen molar-refractivity contribution in [2.75, 3.05) is 0 Å². The van der Waals surface area contributed by atoms with Crippen molar-refractivity contribution in [3.63, 3.8) is 0 Å².